The van der Waals surface area contributed by atoms with Gasteiger partial charge in [0.15, 0.2) is 11.6 Å². The third-order valence-electron chi connectivity index (χ3n) is 5.88. The topological polar surface area (TPSA) is 35.5 Å². The van der Waals surface area contributed by atoms with Gasteiger partial charge in [-0.3, -0.25) is 4.79 Å². The molecule has 20 heavy (non-hydrogen) atoms. The SMILES string of the molecule is C[C@@H]1[C@H]2CC=CC(=O)[C@@](C)(C2)[C@H](C)[C@H]2OC(C)(C)O[C@@H]12. The van der Waals surface area contributed by atoms with Crippen LogP contribution in [-0.2, 0) is 14.3 Å². The molecule has 6 atom stereocenters. The van der Waals surface area contributed by atoms with Gasteiger partial charge in [0.25, 0.3) is 0 Å². The molecule has 2 fully saturated rings. The monoisotopic (exact) mass is 278 g/mol. The van der Waals surface area contributed by atoms with Crippen LogP contribution < -0.4 is 0 Å². The summed E-state index contributed by atoms with van der Waals surface area (Å²) >= 11 is 0. The van der Waals surface area contributed by atoms with Crippen molar-refractivity contribution in [2.45, 2.75) is 65.5 Å². The summed E-state index contributed by atoms with van der Waals surface area (Å²) < 4.78 is 12.4. The van der Waals surface area contributed by atoms with Crippen molar-refractivity contribution in [3.05, 3.63) is 12.2 Å². The van der Waals surface area contributed by atoms with E-state index in [1.165, 1.54) is 0 Å². The molecule has 3 aliphatic rings. The molecule has 3 nitrogen and oxygen atoms in total. The smallest absolute Gasteiger partial charge is 0.163 e. The summed E-state index contributed by atoms with van der Waals surface area (Å²) in [6.45, 7) is 10.5. The maximum Gasteiger partial charge on any atom is 0.163 e. The van der Waals surface area contributed by atoms with Crippen molar-refractivity contribution in [1.29, 1.82) is 0 Å². The van der Waals surface area contributed by atoms with Gasteiger partial charge < -0.3 is 9.47 Å². The van der Waals surface area contributed by atoms with E-state index in [9.17, 15) is 4.79 Å². The van der Waals surface area contributed by atoms with Gasteiger partial charge in [-0.25, -0.2) is 0 Å². The number of fused-ring (bicyclic) bond motifs is 3. The van der Waals surface area contributed by atoms with Gasteiger partial charge in [0.05, 0.1) is 12.2 Å². The van der Waals surface area contributed by atoms with Crippen molar-refractivity contribution in [3.63, 3.8) is 0 Å². The first kappa shape index (κ1) is 14.3. The highest BCUT2D eigenvalue weighted by Gasteiger charge is 2.57. The number of allylic oxidation sites excluding steroid dienone is 2. The van der Waals surface area contributed by atoms with Crippen molar-refractivity contribution < 1.29 is 14.3 Å². The van der Waals surface area contributed by atoms with Crippen molar-refractivity contribution in [2.24, 2.45) is 23.2 Å². The quantitative estimate of drug-likeness (QED) is 0.682. The van der Waals surface area contributed by atoms with Crippen molar-refractivity contribution in [1.82, 2.24) is 0 Å². The molecule has 1 saturated carbocycles. The number of ether oxygens (including phenoxy) is 2. The van der Waals surface area contributed by atoms with E-state index in [2.05, 4.69) is 26.8 Å². The van der Waals surface area contributed by atoms with E-state index >= 15 is 0 Å². The van der Waals surface area contributed by atoms with Gasteiger partial charge in [0.2, 0.25) is 0 Å². The van der Waals surface area contributed by atoms with Crippen molar-refractivity contribution in [2.75, 3.05) is 0 Å². The molecule has 0 aromatic heterocycles. The lowest BCUT2D eigenvalue weighted by atomic mass is 9.69. The van der Waals surface area contributed by atoms with Crippen LogP contribution in [0.4, 0.5) is 0 Å². The van der Waals surface area contributed by atoms with E-state index in [4.69, 9.17) is 9.47 Å². The van der Waals surface area contributed by atoms with Crippen molar-refractivity contribution in [3.8, 4) is 0 Å². The zero-order chi connectivity index (χ0) is 14.7. The molecule has 0 spiro atoms. The zero-order valence-corrected chi connectivity index (χ0v) is 13.2. The van der Waals surface area contributed by atoms with Gasteiger partial charge in [-0.15, -0.1) is 0 Å². The Hall–Kier alpha value is -0.670. The van der Waals surface area contributed by atoms with E-state index in [0.29, 0.717) is 11.8 Å². The molecule has 0 N–H and O–H groups in total. The lowest BCUT2D eigenvalue weighted by molar-refractivity contribution is -0.163. The predicted octanol–water partition coefficient (Wildman–Crippen LogP) is 3.33. The summed E-state index contributed by atoms with van der Waals surface area (Å²) in [5, 5.41) is 0. The second-order valence-electron chi connectivity index (χ2n) is 7.60. The summed E-state index contributed by atoms with van der Waals surface area (Å²) in [5.41, 5.74) is -0.324. The summed E-state index contributed by atoms with van der Waals surface area (Å²) in [4.78, 5) is 12.6. The van der Waals surface area contributed by atoms with Gasteiger partial charge in [-0.1, -0.05) is 26.8 Å². The van der Waals surface area contributed by atoms with E-state index in [1.807, 2.05) is 13.8 Å². The summed E-state index contributed by atoms with van der Waals surface area (Å²) in [6, 6.07) is 0. The summed E-state index contributed by atoms with van der Waals surface area (Å²) in [7, 11) is 0. The standard InChI is InChI=1S/C17H26O3/c1-10-12-7-6-8-13(18)17(5,9-12)11(2)15-14(10)19-16(3,4)20-15/h6,8,10-12,14-15H,7,9H2,1-5H3/t10-,11-,12+,14+,15-,17+/m1/s1. The fourth-order valence-corrected chi connectivity index (χ4v) is 4.32. The van der Waals surface area contributed by atoms with E-state index < -0.39 is 5.79 Å². The molecular formula is C17H26O3. The highest BCUT2D eigenvalue weighted by Crippen LogP contribution is 2.52. The molecule has 1 heterocycles. The summed E-state index contributed by atoms with van der Waals surface area (Å²) in [6.07, 6.45) is 5.90. The lowest BCUT2D eigenvalue weighted by Gasteiger charge is -2.36. The molecule has 0 unspecified atom stereocenters. The van der Waals surface area contributed by atoms with Crippen LogP contribution in [0.1, 0.15) is 47.5 Å². The number of hydrogen-bond donors (Lipinski definition) is 0. The molecular weight excluding hydrogens is 252 g/mol. The largest absolute Gasteiger partial charge is 0.344 e. The van der Waals surface area contributed by atoms with Crippen LogP contribution in [0, 0.1) is 23.2 Å². The number of carbonyl (C=O) groups excluding carboxylic acids is 1. The Labute approximate surface area is 121 Å². The van der Waals surface area contributed by atoms with E-state index in [1.54, 1.807) is 6.08 Å². The Morgan fingerprint density at radius 2 is 1.80 bits per heavy atom. The average molecular weight is 278 g/mol. The highest BCUT2D eigenvalue weighted by molar-refractivity contribution is 5.95. The van der Waals surface area contributed by atoms with Crippen LogP contribution in [-0.4, -0.2) is 23.8 Å². The number of rotatable bonds is 0. The molecule has 0 radical (unpaired) electrons. The molecule has 112 valence electrons. The Bertz CT molecular complexity index is 453. The Balaban J connectivity index is 2.05. The normalized spacial score (nSPS) is 50.5. The van der Waals surface area contributed by atoms with Crippen molar-refractivity contribution >= 4 is 5.78 Å². The van der Waals surface area contributed by atoms with Gasteiger partial charge >= 0.3 is 0 Å². The molecule has 3 rings (SSSR count). The third kappa shape index (κ3) is 1.98. The maximum absolute atomic E-state index is 12.6. The average Bonchev–Trinajstić information content (AvgIpc) is 2.58. The first-order valence-corrected chi connectivity index (χ1v) is 7.81. The molecule has 2 aliphatic carbocycles. The lowest BCUT2D eigenvalue weighted by Crippen LogP contribution is -2.42. The molecule has 0 aromatic carbocycles. The number of carbonyl (C=O) groups is 1. The third-order valence-corrected chi connectivity index (χ3v) is 5.88. The van der Waals surface area contributed by atoms with Crippen LogP contribution in [0.2, 0.25) is 0 Å². The fraction of sp³-hybridized carbons (Fsp3) is 0.824. The van der Waals surface area contributed by atoms with Crippen LogP contribution >= 0.6 is 0 Å². The van der Waals surface area contributed by atoms with E-state index in [-0.39, 0.29) is 29.3 Å². The second kappa shape index (κ2) is 4.41. The van der Waals surface area contributed by atoms with E-state index in [0.717, 1.165) is 12.8 Å². The minimum absolute atomic E-state index is 0.0189. The first-order valence-electron chi connectivity index (χ1n) is 7.81. The predicted molar refractivity (Wildman–Crippen MR) is 77.1 cm³/mol. The number of hydrogen-bond acceptors (Lipinski definition) is 3. The molecule has 2 bridgehead atoms. The summed E-state index contributed by atoms with van der Waals surface area (Å²) in [5.74, 6) is 0.815. The number of ketones is 1. The van der Waals surface area contributed by atoms with Crippen LogP contribution in [0.5, 0.6) is 0 Å². The van der Waals surface area contributed by atoms with Gasteiger partial charge in [0.1, 0.15) is 0 Å². The molecule has 1 aliphatic heterocycles. The maximum atomic E-state index is 12.6. The molecule has 0 aromatic rings. The van der Waals surface area contributed by atoms with Gasteiger partial charge in [0, 0.05) is 5.41 Å². The Morgan fingerprint density at radius 1 is 1.15 bits per heavy atom. The minimum atomic E-state index is -0.537. The second-order valence-corrected chi connectivity index (χ2v) is 7.60. The Morgan fingerprint density at radius 3 is 2.50 bits per heavy atom. The van der Waals surface area contributed by atoms with Gasteiger partial charge in [-0.05, 0) is 50.5 Å². The Kier molecular flexibility index (Phi) is 3.15. The van der Waals surface area contributed by atoms with Crippen LogP contribution in [0.15, 0.2) is 12.2 Å². The highest BCUT2D eigenvalue weighted by atomic mass is 16.8. The first-order chi connectivity index (χ1) is 9.24. The molecule has 1 saturated heterocycles. The minimum Gasteiger partial charge on any atom is -0.344 e. The zero-order valence-electron chi connectivity index (χ0n) is 13.2. The fourth-order valence-electron chi connectivity index (χ4n) is 4.32. The van der Waals surface area contributed by atoms with Gasteiger partial charge in [-0.2, -0.15) is 0 Å². The molecule has 0 amide bonds. The van der Waals surface area contributed by atoms with Crippen LogP contribution in [0.25, 0.3) is 0 Å². The molecule has 3 heteroatoms. The van der Waals surface area contributed by atoms with Crippen LogP contribution in [0.3, 0.4) is 0 Å².